The minimum atomic E-state index is -1.19. The van der Waals surface area contributed by atoms with Gasteiger partial charge in [-0.3, -0.25) is 0 Å². The van der Waals surface area contributed by atoms with Gasteiger partial charge >= 0.3 is 5.97 Å². The van der Waals surface area contributed by atoms with E-state index in [1.54, 1.807) is 9.20 Å². The fourth-order valence-corrected chi connectivity index (χ4v) is 6.50. The molecule has 1 aromatic carbocycles. The topological polar surface area (TPSA) is 107 Å². The molecule has 7 rings (SSSR count). The minimum absolute atomic E-state index is 0.223. The maximum absolute atomic E-state index is 12.7. The number of aliphatic carboxylic acids is 1. The molecule has 1 saturated heterocycles. The van der Waals surface area contributed by atoms with Crippen molar-refractivity contribution >= 4 is 17.4 Å². The number of piperidine rings is 1. The second-order valence-electron chi connectivity index (χ2n) is 13.7. The first-order chi connectivity index (χ1) is 21.0. The smallest absolute Gasteiger partial charge is 0.337 e. The lowest BCUT2D eigenvalue weighted by Crippen LogP contribution is -2.41. The summed E-state index contributed by atoms with van der Waals surface area (Å²) in [5.41, 5.74) is 3.58. The van der Waals surface area contributed by atoms with Crippen LogP contribution in [0.15, 0.2) is 42.7 Å². The van der Waals surface area contributed by atoms with Crippen LogP contribution in [0, 0.1) is 12.3 Å². The van der Waals surface area contributed by atoms with Crippen LogP contribution in [0.25, 0.3) is 11.5 Å². The Morgan fingerprint density at radius 2 is 1.89 bits per heavy atom. The average Bonchev–Trinajstić information content (AvgIpc) is 3.60. The largest absolute Gasteiger partial charge is 0.494 e. The van der Waals surface area contributed by atoms with Crippen molar-refractivity contribution in [3.05, 3.63) is 65.1 Å². The monoisotopic (exact) mass is 600 g/mol. The zero-order valence-corrected chi connectivity index (χ0v) is 26.5. The van der Waals surface area contributed by atoms with Gasteiger partial charge in [0.15, 0.2) is 17.6 Å². The highest BCUT2D eigenvalue weighted by molar-refractivity contribution is 5.78. The lowest BCUT2D eigenvalue weighted by Gasteiger charge is -2.41. The van der Waals surface area contributed by atoms with E-state index in [9.17, 15) is 9.90 Å². The summed E-state index contributed by atoms with van der Waals surface area (Å²) in [7, 11) is 0. The van der Waals surface area contributed by atoms with E-state index in [0.717, 1.165) is 80.9 Å². The number of aromatic nitrogens is 5. The van der Waals surface area contributed by atoms with Crippen molar-refractivity contribution in [2.24, 2.45) is 5.41 Å². The summed E-state index contributed by atoms with van der Waals surface area (Å²) in [6.07, 6.45) is 9.87. The molecule has 1 atom stereocenters. The molecular weight excluding hydrogens is 556 g/mol. The van der Waals surface area contributed by atoms with Crippen molar-refractivity contribution < 1.29 is 19.4 Å². The quantitative estimate of drug-likeness (QED) is 0.291. The summed E-state index contributed by atoms with van der Waals surface area (Å²) in [6, 6.07) is 10.2. The standard InChI is InChI=1S/C34H44N6O4/c1-23-29(30(32(41)42)44-33(2,3)4)31-38-15-13-34(5,14-16-38)12-7-6-8-17-43-26-11-9-10-24(19-26)18-25-21-35-39(22-25)28-20-27(36-23)40(31)37-28/h9-11,19-22,30H,6-8,12-18H2,1-5H3,(H,41,42). The van der Waals surface area contributed by atoms with Gasteiger partial charge in [0, 0.05) is 37.5 Å². The molecule has 0 saturated carbocycles. The first-order valence-corrected chi connectivity index (χ1v) is 15.8. The molecular formula is C34H44N6O4. The summed E-state index contributed by atoms with van der Waals surface area (Å²) in [6.45, 7) is 12.2. The Balaban J connectivity index is 1.46. The molecule has 44 heavy (non-hydrogen) atoms. The summed E-state index contributed by atoms with van der Waals surface area (Å²) >= 11 is 0. The highest BCUT2D eigenvalue weighted by atomic mass is 16.5. The normalized spacial score (nSPS) is 18.2. The number of carboxylic acid groups (broad SMARTS) is 1. The Labute approximate surface area is 259 Å². The van der Waals surface area contributed by atoms with Crippen LogP contribution in [0.3, 0.4) is 0 Å². The number of nitrogens with zero attached hydrogens (tertiary/aromatic N) is 6. The van der Waals surface area contributed by atoms with Gasteiger partial charge in [0.1, 0.15) is 11.6 Å². The molecule has 1 unspecified atom stereocenters. The summed E-state index contributed by atoms with van der Waals surface area (Å²) in [5.74, 6) is 1.22. The van der Waals surface area contributed by atoms with Crippen LogP contribution in [-0.2, 0) is 16.0 Å². The van der Waals surface area contributed by atoms with Gasteiger partial charge in [-0.05, 0) is 82.1 Å². The van der Waals surface area contributed by atoms with E-state index in [4.69, 9.17) is 19.6 Å². The van der Waals surface area contributed by atoms with Crippen molar-refractivity contribution in [3.63, 3.8) is 0 Å². The zero-order chi connectivity index (χ0) is 31.1. The molecule has 3 aromatic heterocycles. The summed E-state index contributed by atoms with van der Waals surface area (Å²) < 4.78 is 15.9. The number of ether oxygens (including phenoxy) is 2. The van der Waals surface area contributed by atoms with E-state index in [-0.39, 0.29) is 5.41 Å². The number of hydrogen-bond acceptors (Lipinski definition) is 7. The molecule has 10 heteroatoms. The maximum atomic E-state index is 12.7. The number of carboxylic acids is 1. The number of benzene rings is 1. The Kier molecular flexibility index (Phi) is 8.13. The van der Waals surface area contributed by atoms with E-state index in [0.29, 0.717) is 29.1 Å². The Morgan fingerprint density at radius 3 is 2.64 bits per heavy atom. The van der Waals surface area contributed by atoms with E-state index in [1.807, 2.05) is 58.3 Å². The van der Waals surface area contributed by atoms with E-state index < -0.39 is 17.7 Å². The molecule has 3 aliphatic heterocycles. The molecule has 1 fully saturated rings. The van der Waals surface area contributed by atoms with Crippen molar-refractivity contribution in [2.75, 3.05) is 24.6 Å². The molecule has 0 amide bonds. The maximum Gasteiger partial charge on any atom is 0.337 e. The van der Waals surface area contributed by atoms with Crippen molar-refractivity contribution in [3.8, 4) is 11.6 Å². The van der Waals surface area contributed by atoms with Gasteiger partial charge in [0.2, 0.25) is 0 Å². The molecule has 4 aromatic rings. The van der Waals surface area contributed by atoms with Gasteiger partial charge in [-0.25, -0.2) is 14.5 Å². The van der Waals surface area contributed by atoms with Crippen LogP contribution in [-0.4, -0.2) is 60.8 Å². The van der Waals surface area contributed by atoms with Crippen LogP contribution in [0.4, 0.5) is 5.82 Å². The molecule has 234 valence electrons. The molecule has 0 spiro atoms. The second-order valence-corrected chi connectivity index (χ2v) is 13.7. The Hall–Kier alpha value is -3.92. The van der Waals surface area contributed by atoms with E-state index in [1.165, 1.54) is 0 Å². The number of hydrogen-bond donors (Lipinski definition) is 1. The van der Waals surface area contributed by atoms with Gasteiger partial charge < -0.3 is 19.5 Å². The molecule has 6 heterocycles. The average molecular weight is 601 g/mol. The number of rotatable bonds is 3. The van der Waals surface area contributed by atoms with E-state index in [2.05, 4.69) is 29.1 Å². The molecule has 0 aliphatic carbocycles. The lowest BCUT2D eigenvalue weighted by atomic mass is 9.76. The SMILES string of the molecule is Cc1nc2cc3nn2c(c1C(OC(C)(C)C)C(=O)O)N1CCC(C)(CCCCCOc2cccc(c2)Cc2cnn-3c2)CC1. The number of carbonyl (C=O) groups is 1. The van der Waals surface area contributed by atoms with Gasteiger partial charge in [-0.1, -0.05) is 31.9 Å². The number of aryl methyl sites for hydroxylation is 1. The number of anilines is 1. The third-order valence-corrected chi connectivity index (χ3v) is 8.89. The van der Waals surface area contributed by atoms with Gasteiger partial charge in [0.05, 0.1) is 24.0 Å². The summed E-state index contributed by atoms with van der Waals surface area (Å²) in [5, 5.41) is 20.0. The van der Waals surface area contributed by atoms with Gasteiger partial charge in [-0.2, -0.15) is 9.61 Å². The van der Waals surface area contributed by atoms with Gasteiger partial charge in [-0.15, -0.1) is 5.10 Å². The van der Waals surface area contributed by atoms with Crippen LogP contribution in [0.5, 0.6) is 5.75 Å². The first kappa shape index (κ1) is 30.1. The van der Waals surface area contributed by atoms with Crippen molar-refractivity contribution in [2.45, 2.75) is 91.3 Å². The predicted octanol–water partition coefficient (Wildman–Crippen LogP) is 6.31. The second kappa shape index (κ2) is 11.9. The van der Waals surface area contributed by atoms with Crippen LogP contribution >= 0.6 is 0 Å². The predicted molar refractivity (Wildman–Crippen MR) is 169 cm³/mol. The minimum Gasteiger partial charge on any atom is -0.494 e. The highest BCUT2D eigenvalue weighted by Crippen LogP contribution is 2.41. The fourth-order valence-electron chi connectivity index (χ4n) is 6.50. The molecule has 10 nitrogen and oxygen atoms in total. The van der Waals surface area contributed by atoms with Crippen molar-refractivity contribution in [1.29, 1.82) is 0 Å². The molecule has 0 radical (unpaired) electrons. The third-order valence-electron chi connectivity index (χ3n) is 8.89. The fraction of sp³-hybridized carbons (Fsp3) is 0.529. The van der Waals surface area contributed by atoms with E-state index >= 15 is 0 Å². The van der Waals surface area contributed by atoms with Crippen molar-refractivity contribution in [1.82, 2.24) is 24.4 Å². The lowest BCUT2D eigenvalue weighted by molar-refractivity contribution is -0.160. The van der Waals surface area contributed by atoms with Crippen LogP contribution in [0.2, 0.25) is 0 Å². The molecule has 1 N–H and O–H groups in total. The Bertz CT molecular complexity index is 1640. The summed E-state index contributed by atoms with van der Waals surface area (Å²) in [4.78, 5) is 19.9. The third kappa shape index (κ3) is 6.45. The molecule has 8 bridgehead atoms. The highest BCUT2D eigenvalue weighted by Gasteiger charge is 2.37. The first-order valence-electron chi connectivity index (χ1n) is 15.8. The molecule has 3 aliphatic rings. The Morgan fingerprint density at radius 1 is 1.09 bits per heavy atom. The van der Waals surface area contributed by atoms with Crippen LogP contribution in [0.1, 0.15) is 94.7 Å². The number of fused-ring (bicyclic) bond motifs is 7. The van der Waals surface area contributed by atoms with Gasteiger partial charge in [0.25, 0.3) is 0 Å². The zero-order valence-electron chi connectivity index (χ0n) is 26.5. The van der Waals surface area contributed by atoms with Crippen LogP contribution < -0.4 is 9.64 Å².